The highest BCUT2D eigenvalue weighted by molar-refractivity contribution is 7.92. The molecular formula is C17H16N4O2S2. The van der Waals surface area contributed by atoms with E-state index >= 15 is 0 Å². The molecular weight excluding hydrogens is 356 g/mol. The average molecular weight is 372 g/mol. The van der Waals surface area contributed by atoms with Crippen molar-refractivity contribution in [2.75, 3.05) is 4.72 Å². The Kier molecular flexibility index (Phi) is 4.37. The Labute approximate surface area is 150 Å². The van der Waals surface area contributed by atoms with Crippen LogP contribution in [0.3, 0.4) is 0 Å². The van der Waals surface area contributed by atoms with Gasteiger partial charge in [0.25, 0.3) is 10.0 Å². The lowest BCUT2D eigenvalue weighted by molar-refractivity contribution is 0.600. The normalized spacial score (nSPS) is 11.3. The van der Waals surface area contributed by atoms with Crippen molar-refractivity contribution in [2.24, 2.45) is 7.05 Å². The number of anilines is 1. The van der Waals surface area contributed by atoms with E-state index in [0.29, 0.717) is 16.9 Å². The number of thiazole rings is 1. The molecule has 3 rings (SSSR count). The number of nitrogens with zero attached hydrogens (tertiary/aromatic N) is 3. The molecule has 1 N–H and O–H groups in total. The van der Waals surface area contributed by atoms with Crippen molar-refractivity contribution >= 4 is 27.0 Å². The van der Waals surface area contributed by atoms with Crippen LogP contribution in [0.5, 0.6) is 0 Å². The zero-order chi connectivity index (χ0) is 18.2. The number of nitriles is 1. The summed E-state index contributed by atoms with van der Waals surface area (Å²) in [5, 5.41) is 11.5. The maximum atomic E-state index is 12.8. The van der Waals surface area contributed by atoms with Gasteiger partial charge < -0.3 is 4.57 Å². The van der Waals surface area contributed by atoms with Gasteiger partial charge in [0.15, 0.2) is 0 Å². The number of sulfonamides is 1. The summed E-state index contributed by atoms with van der Waals surface area (Å²) in [6.07, 6.45) is 0. The summed E-state index contributed by atoms with van der Waals surface area (Å²) in [6.45, 7) is 3.66. The minimum absolute atomic E-state index is 0.210. The quantitative estimate of drug-likeness (QED) is 0.760. The van der Waals surface area contributed by atoms with E-state index in [-0.39, 0.29) is 4.90 Å². The topological polar surface area (TPSA) is 87.8 Å². The van der Waals surface area contributed by atoms with Crippen LogP contribution in [0.2, 0.25) is 0 Å². The van der Waals surface area contributed by atoms with Crippen LogP contribution in [0.1, 0.15) is 17.0 Å². The Balaban J connectivity index is 1.98. The van der Waals surface area contributed by atoms with Crippen molar-refractivity contribution in [1.82, 2.24) is 9.55 Å². The monoisotopic (exact) mass is 372 g/mol. The first-order valence-electron chi connectivity index (χ1n) is 7.43. The third-order valence-corrected chi connectivity index (χ3v) is 6.36. The predicted octanol–water partition coefficient (Wildman–Crippen LogP) is 3.44. The van der Waals surface area contributed by atoms with Crippen LogP contribution in [0.4, 0.5) is 5.69 Å². The van der Waals surface area contributed by atoms with Gasteiger partial charge in [0.2, 0.25) is 0 Å². The molecule has 0 atom stereocenters. The van der Waals surface area contributed by atoms with Crippen LogP contribution in [-0.2, 0) is 17.1 Å². The number of hydrogen-bond acceptors (Lipinski definition) is 5. The molecule has 128 valence electrons. The number of nitrogens with one attached hydrogen (secondary N) is 1. The Bertz CT molecular complexity index is 1070. The second-order valence-corrected chi connectivity index (χ2v) is 8.14. The molecule has 0 saturated carbocycles. The first-order chi connectivity index (χ1) is 11.8. The standard InChI is InChI=1S/C17H16N4O2S2/c1-11-10-24-17(19-11)15-8-16(12(2)21(15)3)25(22,23)20-14-6-4-13(9-18)5-7-14/h4-8,10,20H,1-3H3. The smallest absolute Gasteiger partial charge is 0.263 e. The first kappa shape index (κ1) is 17.2. The molecule has 0 amide bonds. The van der Waals surface area contributed by atoms with Gasteiger partial charge in [0, 0.05) is 29.5 Å². The van der Waals surface area contributed by atoms with E-state index in [4.69, 9.17) is 5.26 Å². The summed E-state index contributed by atoms with van der Waals surface area (Å²) in [6, 6.07) is 9.92. The lowest BCUT2D eigenvalue weighted by Crippen LogP contribution is -2.13. The molecule has 6 nitrogen and oxygen atoms in total. The highest BCUT2D eigenvalue weighted by atomic mass is 32.2. The summed E-state index contributed by atoms with van der Waals surface area (Å²) in [4.78, 5) is 4.64. The summed E-state index contributed by atoms with van der Waals surface area (Å²) in [7, 11) is -1.92. The van der Waals surface area contributed by atoms with E-state index in [9.17, 15) is 8.42 Å². The maximum Gasteiger partial charge on any atom is 0.263 e. The van der Waals surface area contributed by atoms with Gasteiger partial charge in [-0.05, 0) is 44.2 Å². The largest absolute Gasteiger partial charge is 0.345 e. The second kappa shape index (κ2) is 6.35. The summed E-state index contributed by atoms with van der Waals surface area (Å²) >= 11 is 1.48. The lowest BCUT2D eigenvalue weighted by Gasteiger charge is -2.08. The molecule has 0 spiro atoms. The molecule has 0 radical (unpaired) electrons. The first-order valence-corrected chi connectivity index (χ1v) is 9.80. The number of hydrogen-bond donors (Lipinski definition) is 1. The molecule has 0 aliphatic heterocycles. The van der Waals surface area contributed by atoms with Crippen molar-refractivity contribution in [2.45, 2.75) is 18.7 Å². The molecule has 25 heavy (non-hydrogen) atoms. The molecule has 0 saturated heterocycles. The van der Waals surface area contributed by atoms with Gasteiger partial charge in [-0.15, -0.1) is 11.3 Å². The number of benzene rings is 1. The van der Waals surface area contributed by atoms with Crippen LogP contribution < -0.4 is 4.72 Å². The lowest BCUT2D eigenvalue weighted by atomic mass is 10.2. The SMILES string of the molecule is Cc1csc(-c2cc(S(=O)(=O)Nc3ccc(C#N)cc3)c(C)n2C)n1. The van der Waals surface area contributed by atoms with Crippen LogP contribution >= 0.6 is 11.3 Å². The summed E-state index contributed by atoms with van der Waals surface area (Å²) in [5.74, 6) is 0. The molecule has 0 fully saturated rings. The molecule has 2 aromatic heterocycles. The van der Waals surface area contributed by atoms with E-state index in [0.717, 1.165) is 16.4 Å². The van der Waals surface area contributed by atoms with Crippen LogP contribution in [0.15, 0.2) is 40.6 Å². The number of aromatic nitrogens is 2. The Hall–Kier alpha value is -2.63. The molecule has 8 heteroatoms. The molecule has 0 unspecified atom stereocenters. The van der Waals surface area contributed by atoms with Crippen LogP contribution in [0.25, 0.3) is 10.7 Å². The van der Waals surface area contributed by atoms with E-state index in [1.807, 2.05) is 30.0 Å². The third kappa shape index (κ3) is 3.29. The molecule has 0 aliphatic carbocycles. The molecule has 0 bridgehead atoms. The zero-order valence-electron chi connectivity index (χ0n) is 13.9. The third-order valence-electron chi connectivity index (χ3n) is 3.88. The molecule has 1 aromatic carbocycles. The van der Waals surface area contributed by atoms with Crippen molar-refractivity contribution < 1.29 is 8.42 Å². The van der Waals surface area contributed by atoms with Crippen molar-refractivity contribution in [1.29, 1.82) is 5.26 Å². The second-order valence-electron chi connectivity index (χ2n) is 5.63. The van der Waals surface area contributed by atoms with E-state index in [1.165, 1.54) is 11.3 Å². The summed E-state index contributed by atoms with van der Waals surface area (Å²) < 4.78 is 29.9. The van der Waals surface area contributed by atoms with Crippen molar-refractivity contribution in [3.63, 3.8) is 0 Å². The van der Waals surface area contributed by atoms with Gasteiger partial charge in [0.05, 0.1) is 17.3 Å². The minimum atomic E-state index is -3.74. The summed E-state index contributed by atoms with van der Waals surface area (Å²) in [5.41, 5.74) is 3.17. The molecule has 3 aromatic rings. The van der Waals surface area contributed by atoms with Crippen LogP contribution in [-0.4, -0.2) is 18.0 Å². The number of rotatable bonds is 4. The van der Waals surface area contributed by atoms with Crippen molar-refractivity contribution in [3.05, 3.63) is 52.7 Å². The fraction of sp³-hybridized carbons (Fsp3) is 0.176. The van der Waals surface area contributed by atoms with Gasteiger partial charge in [-0.2, -0.15) is 5.26 Å². The van der Waals surface area contributed by atoms with Gasteiger partial charge in [-0.3, -0.25) is 4.72 Å². The highest BCUT2D eigenvalue weighted by Crippen LogP contribution is 2.30. The van der Waals surface area contributed by atoms with Gasteiger partial charge in [-0.25, -0.2) is 13.4 Å². The van der Waals surface area contributed by atoms with Gasteiger partial charge in [-0.1, -0.05) is 0 Å². The number of aryl methyl sites for hydroxylation is 1. The Morgan fingerprint density at radius 1 is 1.24 bits per heavy atom. The van der Waals surface area contributed by atoms with E-state index in [2.05, 4.69) is 9.71 Å². The van der Waals surface area contributed by atoms with E-state index in [1.54, 1.807) is 37.3 Å². The molecule has 0 aliphatic rings. The fourth-order valence-electron chi connectivity index (χ4n) is 2.44. The highest BCUT2D eigenvalue weighted by Gasteiger charge is 2.23. The zero-order valence-corrected chi connectivity index (χ0v) is 15.6. The predicted molar refractivity (Wildman–Crippen MR) is 98.0 cm³/mol. The molecule has 2 heterocycles. The average Bonchev–Trinajstić information content (AvgIpc) is 3.13. The Morgan fingerprint density at radius 3 is 2.48 bits per heavy atom. The van der Waals surface area contributed by atoms with Crippen LogP contribution in [0, 0.1) is 25.2 Å². The van der Waals surface area contributed by atoms with Crippen molar-refractivity contribution in [3.8, 4) is 16.8 Å². The van der Waals surface area contributed by atoms with Gasteiger partial charge in [0.1, 0.15) is 9.90 Å². The van der Waals surface area contributed by atoms with Gasteiger partial charge >= 0.3 is 0 Å². The fourth-order valence-corrected chi connectivity index (χ4v) is 4.64. The maximum absolute atomic E-state index is 12.8. The Morgan fingerprint density at radius 2 is 1.92 bits per heavy atom. The van der Waals surface area contributed by atoms with E-state index < -0.39 is 10.0 Å². The minimum Gasteiger partial charge on any atom is -0.345 e.